The Hall–Kier alpha value is -4.92. The first kappa shape index (κ1) is 23.5. The van der Waals surface area contributed by atoms with Crippen LogP contribution in [-0.4, -0.2) is 37.5 Å². The van der Waals surface area contributed by atoms with E-state index in [1.807, 2.05) is 68.4 Å². The first-order valence-electron chi connectivity index (χ1n) is 12.1. The minimum Gasteiger partial charge on any atom is -0.508 e. The van der Waals surface area contributed by atoms with Crippen LogP contribution in [0.3, 0.4) is 0 Å². The van der Waals surface area contributed by atoms with Crippen molar-refractivity contribution in [3.63, 3.8) is 0 Å². The highest BCUT2D eigenvalue weighted by molar-refractivity contribution is 5.98. The third kappa shape index (κ3) is 4.28. The van der Waals surface area contributed by atoms with Crippen molar-refractivity contribution < 1.29 is 19.4 Å². The summed E-state index contributed by atoms with van der Waals surface area (Å²) in [5.41, 5.74) is 6.19. The maximum absolute atomic E-state index is 10.1. The minimum atomic E-state index is -0.253. The third-order valence-corrected chi connectivity index (χ3v) is 6.55. The number of aromatic hydroxyl groups is 1. The Labute approximate surface area is 219 Å². The molecule has 3 heterocycles. The molecular formula is C29H25N5O4. The van der Waals surface area contributed by atoms with Crippen LogP contribution in [0.5, 0.6) is 23.1 Å². The van der Waals surface area contributed by atoms with Crippen molar-refractivity contribution in [1.82, 2.24) is 19.6 Å². The molecule has 1 N–H and O–H groups in total. The molecule has 1 atom stereocenters. The molecule has 5 aromatic rings. The highest BCUT2D eigenvalue weighted by atomic mass is 16.6. The van der Waals surface area contributed by atoms with Gasteiger partial charge in [0.2, 0.25) is 5.88 Å². The fraction of sp³-hybridized carbons (Fsp3) is 0.172. The van der Waals surface area contributed by atoms with Gasteiger partial charge in [-0.05, 0) is 43.2 Å². The van der Waals surface area contributed by atoms with Crippen molar-refractivity contribution in [3.8, 4) is 23.1 Å². The van der Waals surface area contributed by atoms with Crippen LogP contribution in [0.15, 0.2) is 78.2 Å². The predicted octanol–water partition coefficient (Wildman–Crippen LogP) is 5.37. The monoisotopic (exact) mass is 507 g/mol. The zero-order chi connectivity index (χ0) is 26.2. The number of aromatic nitrogens is 4. The standard InChI is InChI=1S/C29H25N5O4/c1-17-4-6-19(7-5-17)18(2)33-37-15-25-31-28-27-26(20-8-11-22(36-3)12-9-20)23-13-10-21(35)14-24(23)38-29(27)30-16-34(28)32-25/h4-14,16,26,35H,15H2,1-3H3/b33-18+. The van der Waals surface area contributed by atoms with E-state index in [9.17, 15) is 5.11 Å². The van der Waals surface area contributed by atoms with E-state index in [0.29, 0.717) is 23.1 Å². The van der Waals surface area contributed by atoms with Crippen molar-refractivity contribution in [2.24, 2.45) is 5.16 Å². The van der Waals surface area contributed by atoms with Gasteiger partial charge in [0, 0.05) is 17.5 Å². The van der Waals surface area contributed by atoms with E-state index in [1.165, 1.54) is 5.56 Å². The zero-order valence-electron chi connectivity index (χ0n) is 21.1. The normalized spacial score (nSPS) is 14.5. The molecule has 1 aliphatic rings. The van der Waals surface area contributed by atoms with Crippen molar-refractivity contribution in [2.75, 3.05) is 7.11 Å². The van der Waals surface area contributed by atoms with E-state index in [0.717, 1.165) is 33.7 Å². The van der Waals surface area contributed by atoms with Gasteiger partial charge in [-0.15, -0.1) is 5.10 Å². The Morgan fingerprint density at radius 2 is 1.87 bits per heavy atom. The fourth-order valence-electron chi connectivity index (χ4n) is 4.59. The molecule has 0 amide bonds. The Kier molecular flexibility index (Phi) is 5.88. The van der Waals surface area contributed by atoms with Gasteiger partial charge in [-0.25, -0.2) is 14.5 Å². The molecule has 0 spiro atoms. The molecule has 2 aromatic heterocycles. The van der Waals surface area contributed by atoms with Crippen LogP contribution in [0.4, 0.5) is 0 Å². The molecule has 0 radical (unpaired) electrons. The zero-order valence-corrected chi connectivity index (χ0v) is 21.1. The lowest BCUT2D eigenvalue weighted by Crippen LogP contribution is -2.15. The van der Waals surface area contributed by atoms with Gasteiger partial charge in [0.25, 0.3) is 0 Å². The lowest BCUT2D eigenvalue weighted by atomic mass is 9.84. The lowest BCUT2D eigenvalue weighted by molar-refractivity contribution is 0.125. The van der Waals surface area contributed by atoms with Gasteiger partial charge < -0.3 is 19.4 Å². The maximum atomic E-state index is 10.1. The number of fused-ring (bicyclic) bond motifs is 4. The number of aryl methyl sites for hydroxylation is 1. The number of rotatable bonds is 6. The Bertz CT molecular complexity index is 1660. The number of oxime groups is 1. The topological polar surface area (TPSA) is 103 Å². The lowest BCUT2D eigenvalue weighted by Gasteiger charge is -2.28. The maximum Gasteiger partial charge on any atom is 0.228 e. The summed E-state index contributed by atoms with van der Waals surface area (Å²) >= 11 is 0. The SMILES string of the molecule is COc1ccc(C2c3ccc(O)cc3Oc3ncn4nc(CO/N=C(\C)c5ccc(C)cc5)nc4c32)cc1. The van der Waals surface area contributed by atoms with E-state index in [2.05, 4.69) is 15.2 Å². The fourth-order valence-corrected chi connectivity index (χ4v) is 4.59. The second kappa shape index (κ2) is 9.51. The summed E-state index contributed by atoms with van der Waals surface area (Å²) in [7, 11) is 1.64. The van der Waals surface area contributed by atoms with Gasteiger partial charge in [0.05, 0.1) is 18.4 Å². The van der Waals surface area contributed by atoms with E-state index in [-0.39, 0.29) is 18.3 Å². The van der Waals surface area contributed by atoms with Crippen LogP contribution in [0.25, 0.3) is 5.65 Å². The van der Waals surface area contributed by atoms with Crippen LogP contribution in [0.2, 0.25) is 0 Å². The van der Waals surface area contributed by atoms with E-state index < -0.39 is 0 Å². The summed E-state index contributed by atoms with van der Waals surface area (Å²) in [6, 6.07) is 21.0. The number of benzene rings is 3. The molecule has 0 saturated carbocycles. The van der Waals surface area contributed by atoms with Crippen molar-refractivity contribution in [3.05, 3.63) is 107 Å². The largest absolute Gasteiger partial charge is 0.508 e. The Balaban J connectivity index is 1.37. The van der Waals surface area contributed by atoms with Gasteiger partial charge in [0.15, 0.2) is 18.1 Å². The molecule has 190 valence electrons. The summed E-state index contributed by atoms with van der Waals surface area (Å²) in [4.78, 5) is 14.9. The van der Waals surface area contributed by atoms with Crippen molar-refractivity contribution >= 4 is 11.4 Å². The molecule has 38 heavy (non-hydrogen) atoms. The molecule has 0 bridgehead atoms. The van der Waals surface area contributed by atoms with Crippen LogP contribution in [0.1, 0.15) is 46.5 Å². The number of nitrogens with zero attached hydrogens (tertiary/aromatic N) is 5. The summed E-state index contributed by atoms with van der Waals surface area (Å²) in [6.07, 6.45) is 1.56. The quantitative estimate of drug-likeness (QED) is 0.239. The van der Waals surface area contributed by atoms with Gasteiger partial charge in [0.1, 0.15) is 23.6 Å². The number of phenolic OH excluding ortho intramolecular Hbond substituents is 1. The van der Waals surface area contributed by atoms with Crippen LogP contribution < -0.4 is 9.47 Å². The second-order valence-corrected chi connectivity index (χ2v) is 9.11. The second-order valence-electron chi connectivity index (χ2n) is 9.11. The number of phenols is 1. The molecule has 9 nitrogen and oxygen atoms in total. The van der Waals surface area contributed by atoms with E-state index >= 15 is 0 Å². The predicted molar refractivity (Wildman–Crippen MR) is 141 cm³/mol. The van der Waals surface area contributed by atoms with Crippen molar-refractivity contribution in [1.29, 1.82) is 0 Å². The molecule has 1 aliphatic heterocycles. The van der Waals surface area contributed by atoms with Gasteiger partial charge in [-0.2, -0.15) is 0 Å². The van der Waals surface area contributed by atoms with Crippen molar-refractivity contribution in [2.45, 2.75) is 26.4 Å². The Morgan fingerprint density at radius 3 is 2.63 bits per heavy atom. The smallest absolute Gasteiger partial charge is 0.228 e. The molecule has 9 heteroatoms. The van der Waals surface area contributed by atoms with Gasteiger partial charge in [-0.3, -0.25) is 0 Å². The first-order chi connectivity index (χ1) is 18.5. The molecule has 0 aliphatic carbocycles. The minimum absolute atomic E-state index is 0.0954. The highest BCUT2D eigenvalue weighted by Gasteiger charge is 2.33. The average Bonchev–Trinajstić information content (AvgIpc) is 3.35. The highest BCUT2D eigenvalue weighted by Crippen LogP contribution is 2.48. The average molecular weight is 508 g/mol. The van der Waals surface area contributed by atoms with Crippen LogP contribution in [0, 0.1) is 6.92 Å². The summed E-state index contributed by atoms with van der Waals surface area (Å²) in [6.45, 7) is 4.04. The van der Waals surface area contributed by atoms with E-state index in [1.54, 1.807) is 30.1 Å². The number of methoxy groups -OCH3 is 1. The summed E-state index contributed by atoms with van der Waals surface area (Å²) in [5.74, 6) is 2.03. The summed E-state index contributed by atoms with van der Waals surface area (Å²) < 4.78 is 13.1. The number of hydrogen-bond acceptors (Lipinski definition) is 8. The third-order valence-electron chi connectivity index (χ3n) is 6.55. The van der Waals surface area contributed by atoms with Crippen LogP contribution in [-0.2, 0) is 11.4 Å². The molecule has 1 unspecified atom stereocenters. The number of hydrogen-bond donors (Lipinski definition) is 1. The summed E-state index contributed by atoms with van der Waals surface area (Å²) in [5, 5.41) is 18.9. The van der Waals surface area contributed by atoms with Gasteiger partial charge >= 0.3 is 0 Å². The first-order valence-corrected chi connectivity index (χ1v) is 12.1. The van der Waals surface area contributed by atoms with Gasteiger partial charge in [-0.1, -0.05) is 53.2 Å². The molecule has 6 rings (SSSR count). The van der Waals surface area contributed by atoms with E-state index in [4.69, 9.17) is 19.3 Å². The number of ether oxygens (including phenoxy) is 2. The molecule has 0 saturated heterocycles. The van der Waals surface area contributed by atoms with Crippen LogP contribution >= 0.6 is 0 Å². The molecule has 3 aromatic carbocycles. The molecule has 0 fully saturated rings. The Morgan fingerprint density at radius 1 is 1.08 bits per heavy atom. The molecular weight excluding hydrogens is 482 g/mol.